The van der Waals surface area contributed by atoms with E-state index >= 15 is 0 Å². The second kappa shape index (κ2) is 10.3. The van der Waals surface area contributed by atoms with E-state index in [4.69, 9.17) is 0 Å². The summed E-state index contributed by atoms with van der Waals surface area (Å²) in [6.45, 7) is 0.183. The van der Waals surface area contributed by atoms with Crippen molar-refractivity contribution >= 4 is 22.9 Å². The molecule has 0 radical (unpaired) electrons. The van der Waals surface area contributed by atoms with Gasteiger partial charge < -0.3 is 4.57 Å². The minimum atomic E-state index is -4.42. The molecule has 3 aromatic rings. The van der Waals surface area contributed by atoms with Gasteiger partial charge in [0.05, 0.1) is 11.1 Å². The van der Waals surface area contributed by atoms with Crippen LogP contribution in [0.4, 0.5) is 13.2 Å². The Morgan fingerprint density at radius 1 is 1.18 bits per heavy atom. The molecule has 0 spiro atoms. The zero-order valence-corrected chi connectivity index (χ0v) is 18.8. The lowest BCUT2D eigenvalue weighted by Crippen LogP contribution is -2.09. The Morgan fingerprint density at radius 2 is 1.97 bits per heavy atom. The average Bonchev–Trinajstić information content (AvgIpc) is 3.18. The van der Waals surface area contributed by atoms with Crippen LogP contribution in [0.1, 0.15) is 61.6 Å². The molecule has 1 saturated carbocycles. The molecule has 176 valence electrons. The predicted octanol–water partition coefficient (Wildman–Crippen LogP) is 6.94. The van der Waals surface area contributed by atoms with Crippen LogP contribution in [0, 0.1) is 17.2 Å². The molecule has 1 fully saturated rings. The number of hydrogen-bond acceptors (Lipinski definition) is 3. The van der Waals surface area contributed by atoms with E-state index < -0.39 is 11.7 Å². The highest BCUT2D eigenvalue weighted by Gasteiger charge is 2.30. The SMILES string of the molecule is N#C/C(=C\c1cn(Cc2cccc(C(F)(F)F)c2)c2ncccc12)C(=O)CCC1CCCCC1. The molecular formula is C27H26F3N3O. The number of fused-ring (bicyclic) bond motifs is 1. The van der Waals surface area contributed by atoms with Crippen LogP contribution in [-0.4, -0.2) is 15.3 Å². The maximum Gasteiger partial charge on any atom is 0.416 e. The molecule has 0 saturated heterocycles. The summed E-state index contributed by atoms with van der Waals surface area (Å²) >= 11 is 0. The third-order valence-corrected chi connectivity index (χ3v) is 6.50. The van der Waals surface area contributed by atoms with Gasteiger partial charge in [-0.2, -0.15) is 18.4 Å². The number of alkyl halides is 3. The second-order valence-corrected chi connectivity index (χ2v) is 8.92. The largest absolute Gasteiger partial charge is 0.416 e. The highest BCUT2D eigenvalue weighted by atomic mass is 19.4. The topological polar surface area (TPSA) is 58.7 Å². The van der Waals surface area contributed by atoms with Gasteiger partial charge in [0.1, 0.15) is 11.7 Å². The molecule has 1 aromatic carbocycles. The fourth-order valence-corrected chi connectivity index (χ4v) is 4.70. The summed E-state index contributed by atoms with van der Waals surface area (Å²) in [5.74, 6) is 0.381. The number of carbonyl (C=O) groups is 1. The van der Waals surface area contributed by atoms with E-state index in [0.29, 0.717) is 29.1 Å². The summed E-state index contributed by atoms with van der Waals surface area (Å²) in [5, 5.41) is 10.4. The standard InChI is InChI=1S/C27H26F3N3O/c28-27(29,30)23-9-4-8-20(14-23)17-33-18-22(24-10-5-13-32-26(24)33)15-21(16-31)25(34)12-11-19-6-2-1-3-7-19/h4-5,8-10,13-15,18-19H,1-3,6-7,11-12,17H2/b21-15+. The molecule has 0 aliphatic heterocycles. The highest BCUT2D eigenvalue weighted by molar-refractivity contribution is 6.05. The fourth-order valence-electron chi connectivity index (χ4n) is 4.70. The van der Waals surface area contributed by atoms with Crippen molar-refractivity contribution in [3.05, 3.63) is 71.1 Å². The van der Waals surface area contributed by atoms with Gasteiger partial charge in [-0.1, -0.05) is 44.2 Å². The number of aromatic nitrogens is 2. The molecular weight excluding hydrogens is 439 g/mol. The minimum Gasteiger partial charge on any atom is -0.327 e. The van der Waals surface area contributed by atoms with Crippen molar-refractivity contribution in [3.8, 4) is 6.07 Å². The van der Waals surface area contributed by atoms with E-state index in [1.165, 1.54) is 25.3 Å². The van der Waals surface area contributed by atoms with Crippen LogP contribution in [0.3, 0.4) is 0 Å². The van der Waals surface area contributed by atoms with Crippen LogP contribution < -0.4 is 0 Å². The van der Waals surface area contributed by atoms with E-state index in [9.17, 15) is 23.2 Å². The highest BCUT2D eigenvalue weighted by Crippen LogP contribution is 2.31. The maximum absolute atomic E-state index is 13.1. The quantitative estimate of drug-likeness (QED) is 0.280. The van der Waals surface area contributed by atoms with Gasteiger partial charge in [-0.15, -0.1) is 0 Å². The van der Waals surface area contributed by atoms with Crippen LogP contribution in [0.5, 0.6) is 0 Å². The first kappa shape index (κ1) is 23.7. The maximum atomic E-state index is 13.1. The summed E-state index contributed by atoms with van der Waals surface area (Å²) in [6.07, 6.45) is 7.63. The molecule has 1 aliphatic carbocycles. The number of Topliss-reactive ketones (excluding diaryl/α,β-unsaturated/α-hetero) is 1. The van der Waals surface area contributed by atoms with E-state index in [1.807, 2.05) is 12.1 Å². The molecule has 7 heteroatoms. The molecule has 1 aliphatic rings. The first-order chi connectivity index (χ1) is 16.3. The number of carbonyl (C=O) groups excluding carboxylic acids is 1. The van der Waals surface area contributed by atoms with E-state index in [0.717, 1.165) is 36.8 Å². The number of halogens is 3. The zero-order chi connectivity index (χ0) is 24.1. The normalized spacial score (nSPS) is 15.4. The molecule has 0 atom stereocenters. The number of allylic oxidation sites excluding steroid dienone is 1. The summed E-state index contributed by atoms with van der Waals surface area (Å²) in [7, 11) is 0. The van der Waals surface area contributed by atoms with Gasteiger partial charge in [0.15, 0.2) is 5.78 Å². The number of hydrogen-bond donors (Lipinski definition) is 0. The van der Waals surface area contributed by atoms with Gasteiger partial charge >= 0.3 is 6.18 Å². The molecule has 4 nitrogen and oxygen atoms in total. The molecule has 2 heterocycles. The lowest BCUT2D eigenvalue weighted by atomic mass is 9.85. The number of nitriles is 1. The Kier molecular flexibility index (Phi) is 7.16. The summed E-state index contributed by atoms with van der Waals surface area (Å²) in [6, 6.07) is 10.8. The minimum absolute atomic E-state index is 0.0952. The number of benzene rings is 1. The Labute approximate surface area is 196 Å². The van der Waals surface area contributed by atoms with Crippen LogP contribution in [0.15, 0.2) is 54.4 Å². The Hall–Kier alpha value is -3.40. The van der Waals surface area contributed by atoms with Crippen LogP contribution >= 0.6 is 0 Å². The lowest BCUT2D eigenvalue weighted by molar-refractivity contribution is -0.137. The van der Waals surface area contributed by atoms with Crippen molar-refractivity contribution in [3.63, 3.8) is 0 Å². The third kappa shape index (κ3) is 5.56. The van der Waals surface area contributed by atoms with Crippen LogP contribution in [0.25, 0.3) is 17.1 Å². The average molecular weight is 466 g/mol. The lowest BCUT2D eigenvalue weighted by Gasteiger charge is -2.20. The van der Waals surface area contributed by atoms with E-state index in [-0.39, 0.29) is 17.9 Å². The number of pyridine rings is 1. The molecule has 0 N–H and O–H groups in total. The molecule has 34 heavy (non-hydrogen) atoms. The van der Waals surface area contributed by atoms with E-state index in [1.54, 1.807) is 35.2 Å². The van der Waals surface area contributed by atoms with Crippen molar-refractivity contribution in [2.45, 2.75) is 57.7 Å². The van der Waals surface area contributed by atoms with Gasteiger partial charge in [0.25, 0.3) is 0 Å². The Morgan fingerprint density at radius 3 is 2.71 bits per heavy atom. The van der Waals surface area contributed by atoms with Crippen molar-refractivity contribution < 1.29 is 18.0 Å². The predicted molar refractivity (Wildman–Crippen MR) is 125 cm³/mol. The number of rotatable bonds is 7. The van der Waals surface area contributed by atoms with Gasteiger partial charge in [-0.3, -0.25) is 4.79 Å². The van der Waals surface area contributed by atoms with Gasteiger partial charge in [-0.05, 0) is 48.2 Å². The molecule has 0 bridgehead atoms. The first-order valence-corrected chi connectivity index (χ1v) is 11.6. The summed E-state index contributed by atoms with van der Waals surface area (Å²) < 4.78 is 41.1. The van der Waals surface area contributed by atoms with Crippen molar-refractivity contribution in [2.75, 3.05) is 0 Å². The fraction of sp³-hybridized carbons (Fsp3) is 0.370. The molecule has 2 aromatic heterocycles. The van der Waals surface area contributed by atoms with Gasteiger partial charge in [0.2, 0.25) is 0 Å². The summed E-state index contributed by atoms with van der Waals surface area (Å²) in [4.78, 5) is 17.2. The molecule has 0 amide bonds. The number of ketones is 1. The number of nitrogens with zero attached hydrogens (tertiary/aromatic N) is 3. The second-order valence-electron chi connectivity index (χ2n) is 8.92. The van der Waals surface area contributed by atoms with Crippen molar-refractivity contribution in [1.82, 2.24) is 9.55 Å². The molecule has 0 unspecified atom stereocenters. The smallest absolute Gasteiger partial charge is 0.327 e. The zero-order valence-electron chi connectivity index (χ0n) is 18.8. The first-order valence-electron chi connectivity index (χ1n) is 11.6. The Balaban J connectivity index is 1.59. The van der Waals surface area contributed by atoms with Crippen molar-refractivity contribution in [2.24, 2.45) is 5.92 Å². The molecule has 4 rings (SSSR count). The van der Waals surface area contributed by atoms with Crippen molar-refractivity contribution in [1.29, 1.82) is 5.26 Å². The monoisotopic (exact) mass is 465 g/mol. The van der Waals surface area contributed by atoms with E-state index in [2.05, 4.69) is 4.98 Å². The van der Waals surface area contributed by atoms with Gasteiger partial charge in [0, 0.05) is 36.3 Å². The Bertz CT molecular complexity index is 1240. The van der Waals surface area contributed by atoms with Gasteiger partial charge in [-0.25, -0.2) is 4.98 Å². The van der Waals surface area contributed by atoms with Crippen LogP contribution in [-0.2, 0) is 17.5 Å². The summed E-state index contributed by atoms with van der Waals surface area (Å²) in [5.41, 5.74) is 1.11. The van der Waals surface area contributed by atoms with Crippen LogP contribution in [0.2, 0.25) is 0 Å². The third-order valence-electron chi connectivity index (χ3n) is 6.50.